The molecule has 1 amide bonds. The molecule has 1 N–H and O–H groups in total. The topological polar surface area (TPSA) is 47.6 Å². The minimum atomic E-state index is -0.496. The third kappa shape index (κ3) is 3.15. The number of halogens is 1. The first-order chi connectivity index (χ1) is 10.7. The maximum Gasteiger partial charge on any atom is 0.496 e. The molecule has 1 heterocycles. The van der Waals surface area contributed by atoms with E-state index in [-0.39, 0.29) is 11.8 Å². The predicted molar refractivity (Wildman–Crippen MR) is 93.1 cm³/mol. The van der Waals surface area contributed by atoms with Crippen LogP contribution in [-0.4, -0.2) is 24.2 Å². The van der Waals surface area contributed by atoms with Crippen molar-refractivity contribution in [1.29, 1.82) is 0 Å². The molecule has 0 bridgehead atoms. The number of hydrogen-bond acceptors (Lipinski definition) is 3. The van der Waals surface area contributed by atoms with Gasteiger partial charge in [0.05, 0.1) is 11.2 Å². The summed E-state index contributed by atoms with van der Waals surface area (Å²) in [6.45, 7) is 8.03. The summed E-state index contributed by atoms with van der Waals surface area (Å²) >= 11 is 6.40. The fourth-order valence-electron chi connectivity index (χ4n) is 2.68. The van der Waals surface area contributed by atoms with Gasteiger partial charge in [-0.1, -0.05) is 24.1 Å². The molecule has 1 saturated heterocycles. The summed E-state index contributed by atoms with van der Waals surface area (Å²) in [4.78, 5) is 12.0. The average Bonchev–Trinajstić information content (AvgIpc) is 2.55. The van der Waals surface area contributed by atoms with Crippen LogP contribution in [-0.2, 0) is 14.1 Å². The molecule has 1 saturated carbocycles. The standard InChI is InChI=1S/C17H23BClNO3/c1-16(2)17(3,4)23-18(22-16)13-9-8-12(10-14(13)19)20-15(21)11-6-5-7-11/h8-11H,5-7H2,1-4H3,(H,20,21). The molecule has 1 aliphatic carbocycles. The van der Waals surface area contributed by atoms with Crippen molar-refractivity contribution in [1.82, 2.24) is 0 Å². The van der Waals surface area contributed by atoms with Gasteiger partial charge in [0, 0.05) is 22.1 Å². The van der Waals surface area contributed by atoms with Crippen LogP contribution in [0.1, 0.15) is 47.0 Å². The molecule has 6 heteroatoms. The minimum absolute atomic E-state index is 0.0794. The van der Waals surface area contributed by atoms with Crippen LogP contribution in [0, 0.1) is 5.92 Å². The molecule has 0 atom stereocenters. The van der Waals surface area contributed by atoms with Gasteiger partial charge in [0.25, 0.3) is 0 Å². The lowest BCUT2D eigenvalue weighted by Gasteiger charge is -2.32. The highest BCUT2D eigenvalue weighted by Crippen LogP contribution is 2.37. The second kappa shape index (κ2) is 5.80. The van der Waals surface area contributed by atoms with Crippen molar-refractivity contribution in [3.05, 3.63) is 23.2 Å². The van der Waals surface area contributed by atoms with Gasteiger partial charge in [0.2, 0.25) is 5.91 Å². The summed E-state index contributed by atoms with van der Waals surface area (Å²) in [5.41, 5.74) is 0.690. The highest BCUT2D eigenvalue weighted by Gasteiger charge is 2.52. The summed E-state index contributed by atoms with van der Waals surface area (Å²) in [6, 6.07) is 5.47. The molecule has 1 aliphatic heterocycles. The van der Waals surface area contributed by atoms with E-state index in [1.807, 2.05) is 39.8 Å². The molecule has 1 aromatic carbocycles. The van der Waals surface area contributed by atoms with Gasteiger partial charge in [0.15, 0.2) is 0 Å². The van der Waals surface area contributed by atoms with Gasteiger partial charge in [-0.15, -0.1) is 0 Å². The molecule has 23 heavy (non-hydrogen) atoms. The minimum Gasteiger partial charge on any atom is -0.399 e. The van der Waals surface area contributed by atoms with E-state index in [0.29, 0.717) is 10.7 Å². The van der Waals surface area contributed by atoms with E-state index in [2.05, 4.69) is 5.32 Å². The van der Waals surface area contributed by atoms with Crippen molar-refractivity contribution >= 4 is 35.8 Å². The van der Waals surface area contributed by atoms with Crippen LogP contribution in [0.3, 0.4) is 0 Å². The summed E-state index contributed by atoms with van der Waals surface area (Å²) in [5, 5.41) is 3.47. The van der Waals surface area contributed by atoms with Gasteiger partial charge in [-0.05, 0) is 52.7 Å². The molecular weight excluding hydrogens is 312 g/mol. The van der Waals surface area contributed by atoms with Crippen LogP contribution in [0.4, 0.5) is 5.69 Å². The van der Waals surface area contributed by atoms with Crippen LogP contribution in [0.2, 0.25) is 5.02 Å². The largest absolute Gasteiger partial charge is 0.496 e. The molecule has 2 aliphatic rings. The Balaban J connectivity index is 1.74. The third-order valence-electron chi connectivity index (χ3n) is 5.25. The first-order valence-corrected chi connectivity index (χ1v) is 8.53. The monoisotopic (exact) mass is 335 g/mol. The van der Waals surface area contributed by atoms with Crippen molar-refractivity contribution in [3.8, 4) is 0 Å². The van der Waals surface area contributed by atoms with E-state index >= 15 is 0 Å². The van der Waals surface area contributed by atoms with Crippen molar-refractivity contribution in [2.45, 2.75) is 58.2 Å². The molecule has 0 radical (unpaired) electrons. The molecule has 4 nitrogen and oxygen atoms in total. The van der Waals surface area contributed by atoms with E-state index in [1.165, 1.54) is 0 Å². The van der Waals surface area contributed by atoms with E-state index in [9.17, 15) is 4.79 Å². The average molecular weight is 336 g/mol. The Bertz CT molecular complexity index is 612. The molecule has 0 spiro atoms. The van der Waals surface area contributed by atoms with Gasteiger partial charge in [-0.3, -0.25) is 4.79 Å². The highest BCUT2D eigenvalue weighted by atomic mass is 35.5. The first kappa shape index (κ1) is 16.8. The number of carbonyl (C=O) groups is 1. The smallest absolute Gasteiger partial charge is 0.399 e. The van der Waals surface area contributed by atoms with Gasteiger partial charge in [-0.2, -0.15) is 0 Å². The van der Waals surface area contributed by atoms with Crippen molar-refractivity contribution in [2.24, 2.45) is 5.92 Å². The van der Waals surface area contributed by atoms with Crippen LogP contribution in [0.15, 0.2) is 18.2 Å². The van der Waals surface area contributed by atoms with E-state index in [4.69, 9.17) is 20.9 Å². The highest BCUT2D eigenvalue weighted by molar-refractivity contribution is 6.65. The molecule has 2 fully saturated rings. The second-order valence-electron chi connectivity index (χ2n) is 7.44. The Hall–Kier alpha value is -1.04. The lowest BCUT2D eigenvalue weighted by molar-refractivity contribution is -0.122. The number of rotatable bonds is 3. The summed E-state index contributed by atoms with van der Waals surface area (Å²) < 4.78 is 12.0. The number of hydrogen-bond donors (Lipinski definition) is 1. The van der Waals surface area contributed by atoms with Crippen LogP contribution < -0.4 is 10.8 Å². The third-order valence-corrected chi connectivity index (χ3v) is 5.58. The lowest BCUT2D eigenvalue weighted by Crippen LogP contribution is -2.41. The van der Waals surface area contributed by atoms with Crippen molar-refractivity contribution in [2.75, 3.05) is 5.32 Å². The number of amides is 1. The maximum absolute atomic E-state index is 12.0. The molecule has 0 aromatic heterocycles. The number of carbonyl (C=O) groups excluding carboxylic acids is 1. The summed E-state index contributed by atoms with van der Waals surface area (Å²) in [7, 11) is -0.496. The quantitative estimate of drug-likeness (QED) is 0.862. The molecular formula is C17H23BClNO3. The van der Waals surface area contributed by atoms with E-state index < -0.39 is 18.3 Å². The Morgan fingerprint density at radius 3 is 2.30 bits per heavy atom. The second-order valence-corrected chi connectivity index (χ2v) is 7.85. The molecule has 0 unspecified atom stereocenters. The normalized spacial score (nSPS) is 22.7. The SMILES string of the molecule is CC1(C)OB(c2ccc(NC(=O)C3CCC3)cc2Cl)OC1(C)C. The van der Waals surface area contributed by atoms with Gasteiger partial charge < -0.3 is 14.6 Å². The first-order valence-electron chi connectivity index (χ1n) is 8.15. The zero-order valence-electron chi connectivity index (χ0n) is 14.1. The van der Waals surface area contributed by atoms with Crippen LogP contribution in [0.5, 0.6) is 0 Å². The lowest BCUT2D eigenvalue weighted by atomic mass is 9.79. The van der Waals surface area contributed by atoms with Crippen LogP contribution >= 0.6 is 11.6 Å². The molecule has 1 aromatic rings. The molecule has 3 rings (SSSR count). The number of benzene rings is 1. The van der Waals surface area contributed by atoms with E-state index in [0.717, 1.165) is 24.7 Å². The zero-order valence-corrected chi connectivity index (χ0v) is 14.9. The fourth-order valence-corrected chi connectivity index (χ4v) is 2.95. The Morgan fingerprint density at radius 2 is 1.83 bits per heavy atom. The Morgan fingerprint density at radius 1 is 1.22 bits per heavy atom. The predicted octanol–water partition coefficient (Wildman–Crippen LogP) is 3.38. The Labute approximate surface area is 143 Å². The van der Waals surface area contributed by atoms with Gasteiger partial charge in [0.1, 0.15) is 0 Å². The zero-order chi connectivity index (χ0) is 16.8. The number of anilines is 1. The summed E-state index contributed by atoms with van der Waals surface area (Å²) in [5.74, 6) is 0.229. The molecule has 124 valence electrons. The van der Waals surface area contributed by atoms with E-state index in [1.54, 1.807) is 6.07 Å². The van der Waals surface area contributed by atoms with Crippen molar-refractivity contribution in [3.63, 3.8) is 0 Å². The van der Waals surface area contributed by atoms with Gasteiger partial charge >= 0.3 is 7.12 Å². The van der Waals surface area contributed by atoms with Crippen molar-refractivity contribution < 1.29 is 14.1 Å². The van der Waals surface area contributed by atoms with Gasteiger partial charge in [-0.25, -0.2) is 0 Å². The Kier molecular flexibility index (Phi) is 4.24. The van der Waals surface area contributed by atoms with Crippen LogP contribution in [0.25, 0.3) is 0 Å². The summed E-state index contributed by atoms with van der Waals surface area (Å²) in [6.07, 6.45) is 3.09. The number of nitrogens with one attached hydrogen (secondary N) is 1. The fraction of sp³-hybridized carbons (Fsp3) is 0.588. The maximum atomic E-state index is 12.0.